The van der Waals surface area contributed by atoms with Crippen LogP contribution in [0.2, 0.25) is 0 Å². The van der Waals surface area contributed by atoms with Gasteiger partial charge in [0.25, 0.3) is 0 Å². The predicted molar refractivity (Wildman–Crippen MR) is 79.6 cm³/mol. The molecule has 2 N–H and O–H groups in total. The van der Waals surface area contributed by atoms with Crippen molar-refractivity contribution in [3.8, 4) is 5.75 Å². The number of aromatic nitrogens is 1. The van der Waals surface area contributed by atoms with Crippen LogP contribution in [0.3, 0.4) is 0 Å². The highest BCUT2D eigenvalue weighted by atomic mass is 35.5. The minimum Gasteiger partial charge on any atom is -0.494 e. The number of methoxy groups -OCH3 is 1. The number of amides is 1. The molecule has 0 radical (unpaired) electrons. The Bertz CT molecular complexity index is 398. The molecule has 0 saturated carbocycles. The first kappa shape index (κ1) is 18.0. The minimum atomic E-state index is -0.103. The molecule has 1 aliphatic heterocycles. The Hall–Kier alpha value is -1.04. The molecule has 0 aliphatic carbocycles. The zero-order valence-electron chi connectivity index (χ0n) is 10.7. The molecule has 0 aromatic carbocycles. The van der Waals surface area contributed by atoms with Gasteiger partial charge in [0, 0.05) is 12.3 Å². The number of rotatable bonds is 3. The van der Waals surface area contributed by atoms with Gasteiger partial charge in [-0.25, -0.2) is 0 Å². The summed E-state index contributed by atoms with van der Waals surface area (Å²) in [6.45, 7) is 0.905. The van der Waals surface area contributed by atoms with Crippen molar-refractivity contribution in [3.05, 3.63) is 18.5 Å². The maximum absolute atomic E-state index is 12.0. The first-order chi connectivity index (χ1) is 8.31. The topological polar surface area (TPSA) is 63.2 Å². The van der Waals surface area contributed by atoms with Crippen LogP contribution in [0, 0.1) is 0 Å². The van der Waals surface area contributed by atoms with Crippen molar-refractivity contribution in [3.63, 3.8) is 0 Å². The van der Waals surface area contributed by atoms with E-state index in [2.05, 4.69) is 15.6 Å². The van der Waals surface area contributed by atoms with E-state index in [1.165, 1.54) is 0 Å². The summed E-state index contributed by atoms with van der Waals surface area (Å²) < 4.78 is 5.16. The first-order valence-corrected chi connectivity index (χ1v) is 5.83. The second-order valence-electron chi connectivity index (χ2n) is 4.07. The number of pyridine rings is 1. The normalized spacial score (nSPS) is 17.6. The van der Waals surface area contributed by atoms with Crippen molar-refractivity contribution in [2.24, 2.45) is 0 Å². The van der Waals surface area contributed by atoms with Crippen molar-refractivity contribution in [2.75, 3.05) is 19.0 Å². The summed E-state index contributed by atoms with van der Waals surface area (Å²) in [6.07, 6.45) is 6.34. The van der Waals surface area contributed by atoms with Gasteiger partial charge in [0.05, 0.1) is 19.3 Å². The van der Waals surface area contributed by atoms with Crippen LogP contribution in [0.1, 0.15) is 19.3 Å². The van der Waals surface area contributed by atoms with Crippen molar-refractivity contribution < 1.29 is 9.53 Å². The Morgan fingerprint density at radius 1 is 1.47 bits per heavy atom. The molecule has 1 aromatic heterocycles. The summed E-state index contributed by atoms with van der Waals surface area (Å²) in [7, 11) is 1.57. The lowest BCUT2D eigenvalue weighted by Gasteiger charge is -2.22. The standard InChI is InChI=1S/C12H17N3O2.2ClH/c1-17-11-5-7-13-8-10(11)15-12(16)9-4-2-3-6-14-9;;/h5,7-9,14H,2-4,6H2,1H3,(H,15,16);2*1H/t9-;;/m1../s1. The molecule has 1 aliphatic rings. The maximum Gasteiger partial charge on any atom is 0.241 e. The van der Waals surface area contributed by atoms with E-state index >= 15 is 0 Å². The molecule has 1 amide bonds. The van der Waals surface area contributed by atoms with Gasteiger partial charge in [0.2, 0.25) is 5.91 Å². The molecular weight excluding hydrogens is 289 g/mol. The van der Waals surface area contributed by atoms with E-state index in [0.29, 0.717) is 11.4 Å². The molecule has 0 bridgehead atoms. The second kappa shape index (κ2) is 8.96. The fourth-order valence-electron chi connectivity index (χ4n) is 1.95. The fraction of sp³-hybridized carbons (Fsp3) is 0.500. The Morgan fingerprint density at radius 2 is 2.26 bits per heavy atom. The Labute approximate surface area is 125 Å². The van der Waals surface area contributed by atoms with Crippen molar-refractivity contribution in [1.29, 1.82) is 0 Å². The molecule has 19 heavy (non-hydrogen) atoms. The Morgan fingerprint density at radius 3 is 2.89 bits per heavy atom. The van der Waals surface area contributed by atoms with E-state index in [4.69, 9.17) is 4.74 Å². The van der Waals surface area contributed by atoms with Gasteiger partial charge in [-0.15, -0.1) is 24.8 Å². The number of ether oxygens (including phenoxy) is 1. The predicted octanol–water partition coefficient (Wildman–Crippen LogP) is 2.01. The Kier molecular flexibility index (Phi) is 8.47. The van der Waals surface area contributed by atoms with Crippen LogP contribution in [0.5, 0.6) is 5.75 Å². The van der Waals surface area contributed by atoms with Crippen LogP contribution in [0.15, 0.2) is 18.5 Å². The molecule has 1 atom stereocenters. The van der Waals surface area contributed by atoms with Gasteiger partial charge in [-0.3, -0.25) is 9.78 Å². The number of halogens is 2. The monoisotopic (exact) mass is 307 g/mol. The quantitative estimate of drug-likeness (QED) is 0.897. The van der Waals surface area contributed by atoms with Crippen LogP contribution in [-0.2, 0) is 4.79 Å². The average Bonchev–Trinajstić information content (AvgIpc) is 2.40. The SMILES string of the molecule is COc1ccncc1NC(=O)[C@H]1CCCCN1.Cl.Cl. The summed E-state index contributed by atoms with van der Waals surface area (Å²) in [5, 5.41) is 6.05. The Balaban J connectivity index is 0.00000162. The van der Waals surface area contributed by atoms with Gasteiger partial charge in [0.15, 0.2) is 0 Å². The highest BCUT2D eigenvalue weighted by Crippen LogP contribution is 2.22. The largest absolute Gasteiger partial charge is 0.494 e. The molecule has 108 valence electrons. The first-order valence-electron chi connectivity index (χ1n) is 5.83. The van der Waals surface area contributed by atoms with E-state index in [1.54, 1.807) is 25.6 Å². The van der Waals surface area contributed by atoms with Crippen molar-refractivity contribution in [1.82, 2.24) is 10.3 Å². The summed E-state index contributed by atoms with van der Waals surface area (Å²) in [4.78, 5) is 16.0. The van der Waals surface area contributed by atoms with Gasteiger partial charge in [-0.1, -0.05) is 6.42 Å². The van der Waals surface area contributed by atoms with E-state index in [-0.39, 0.29) is 36.8 Å². The number of hydrogen-bond donors (Lipinski definition) is 2. The number of anilines is 1. The zero-order valence-corrected chi connectivity index (χ0v) is 12.4. The molecule has 2 rings (SSSR count). The molecule has 1 aromatic rings. The summed E-state index contributed by atoms with van der Waals surface area (Å²) >= 11 is 0. The molecule has 1 fully saturated rings. The van der Waals surface area contributed by atoms with Crippen molar-refractivity contribution >= 4 is 36.4 Å². The zero-order chi connectivity index (χ0) is 12.1. The lowest BCUT2D eigenvalue weighted by Crippen LogP contribution is -2.43. The molecule has 5 nitrogen and oxygen atoms in total. The third kappa shape index (κ3) is 4.86. The van der Waals surface area contributed by atoms with E-state index in [1.807, 2.05) is 0 Å². The van der Waals surface area contributed by atoms with Crippen LogP contribution in [-0.4, -0.2) is 30.6 Å². The molecule has 2 heterocycles. The minimum absolute atomic E-state index is 0. The summed E-state index contributed by atoms with van der Waals surface area (Å²) in [5.74, 6) is 0.611. The summed E-state index contributed by atoms with van der Waals surface area (Å²) in [6, 6.07) is 1.62. The maximum atomic E-state index is 12.0. The third-order valence-electron chi connectivity index (χ3n) is 2.89. The number of hydrogen-bond acceptors (Lipinski definition) is 4. The van der Waals surface area contributed by atoms with Gasteiger partial charge >= 0.3 is 0 Å². The molecular formula is C12H19Cl2N3O2. The van der Waals surface area contributed by atoms with Crippen LogP contribution < -0.4 is 15.4 Å². The number of nitrogens with one attached hydrogen (secondary N) is 2. The lowest BCUT2D eigenvalue weighted by molar-refractivity contribution is -0.118. The molecule has 0 unspecified atom stereocenters. The van der Waals surface area contributed by atoms with Gasteiger partial charge < -0.3 is 15.4 Å². The molecule has 0 spiro atoms. The van der Waals surface area contributed by atoms with E-state index in [0.717, 1.165) is 25.8 Å². The highest BCUT2D eigenvalue weighted by Gasteiger charge is 2.21. The smallest absolute Gasteiger partial charge is 0.241 e. The van der Waals surface area contributed by atoms with Crippen molar-refractivity contribution in [2.45, 2.75) is 25.3 Å². The summed E-state index contributed by atoms with van der Waals surface area (Å²) in [5.41, 5.74) is 0.618. The lowest BCUT2D eigenvalue weighted by atomic mass is 10.0. The average molecular weight is 308 g/mol. The fourth-order valence-corrected chi connectivity index (χ4v) is 1.95. The van der Waals surface area contributed by atoms with Crippen LogP contribution >= 0.6 is 24.8 Å². The highest BCUT2D eigenvalue weighted by molar-refractivity contribution is 5.95. The van der Waals surface area contributed by atoms with Crippen LogP contribution in [0.25, 0.3) is 0 Å². The third-order valence-corrected chi connectivity index (χ3v) is 2.89. The molecule has 1 saturated heterocycles. The second-order valence-corrected chi connectivity index (χ2v) is 4.07. The number of carbonyl (C=O) groups is 1. The van der Waals surface area contributed by atoms with Gasteiger partial charge in [0.1, 0.15) is 11.4 Å². The number of carbonyl (C=O) groups excluding carboxylic acids is 1. The van der Waals surface area contributed by atoms with E-state index < -0.39 is 0 Å². The molecule has 7 heteroatoms. The number of piperidine rings is 1. The van der Waals surface area contributed by atoms with Gasteiger partial charge in [-0.2, -0.15) is 0 Å². The van der Waals surface area contributed by atoms with Gasteiger partial charge in [-0.05, 0) is 19.4 Å². The number of nitrogens with zero attached hydrogens (tertiary/aromatic N) is 1. The van der Waals surface area contributed by atoms with Crippen LogP contribution in [0.4, 0.5) is 5.69 Å². The van der Waals surface area contributed by atoms with E-state index in [9.17, 15) is 4.79 Å².